The van der Waals surface area contributed by atoms with Crippen LogP contribution in [0.15, 0.2) is 60.7 Å². The van der Waals surface area contributed by atoms with Crippen molar-refractivity contribution in [1.82, 2.24) is 4.90 Å². The summed E-state index contributed by atoms with van der Waals surface area (Å²) in [7, 11) is 0. The van der Waals surface area contributed by atoms with Crippen molar-refractivity contribution in [1.29, 1.82) is 0 Å². The van der Waals surface area contributed by atoms with Gasteiger partial charge in [-0.05, 0) is 11.8 Å². The largest absolute Gasteiger partial charge is 0.329 e. The maximum Gasteiger partial charge on any atom is 0.167 e. The molecular weight excluding hydrogens is 384 g/mol. The van der Waals surface area contributed by atoms with Crippen LogP contribution in [0.25, 0.3) is 0 Å². The van der Waals surface area contributed by atoms with E-state index in [1.807, 2.05) is 60.7 Å². The van der Waals surface area contributed by atoms with E-state index in [1.165, 1.54) is 19.3 Å². The highest BCUT2D eigenvalue weighted by Gasteiger charge is 2.47. The van der Waals surface area contributed by atoms with Crippen LogP contribution in [0.5, 0.6) is 0 Å². The van der Waals surface area contributed by atoms with Crippen LogP contribution in [-0.2, 0) is 0 Å². The van der Waals surface area contributed by atoms with E-state index in [0.717, 1.165) is 24.0 Å². The van der Waals surface area contributed by atoms with E-state index >= 15 is 0 Å². The molecule has 1 aliphatic carbocycles. The smallest absolute Gasteiger partial charge is 0.167 e. The molecule has 4 nitrogen and oxygen atoms in total. The van der Waals surface area contributed by atoms with Crippen LogP contribution in [-0.4, -0.2) is 42.6 Å². The molecule has 2 N–H and O–H groups in total. The highest BCUT2D eigenvalue weighted by atomic mass is 16.1. The number of carbonyl (C=O) groups is 2. The average molecular weight is 419 g/mol. The van der Waals surface area contributed by atoms with Crippen LogP contribution in [0.4, 0.5) is 0 Å². The Morgan fingerprint density at radius 1 is 0.774 bits per heavy atom. The predicted octanol–water partition coefficient (Wildman–Crippen LogP) is 4.46. The third-order valence-corrected chi connectivity index (χ3v) is 7.27. The van der Waals surface area contributed by atoms with Crippen LogP contribution >= 0.6 is 0 Å². The molecule has 2 atom stereocenters. The van der Waals surface area contributed by atoms with Gasteiger partial charge in [0, 0.05) is 49.1 Å². The Kier molecular flexibility index (Phi) is 7.31. The van der Waals surface area contributed by atoms with E-state index in [-0.39, 0.29) is 29.3 Å². The van der Waals surface area contributed by atoms with Gasteiger partial charge in [0.05, 0.1) is 0 Å². The van der Waals surface area contributed by atoms with Crippen LogP contribution in [0, 0.1) is 23.7 Å². The third kappa shape index (κ3) is 4.97. The maximum atomic E-state index is 13.7. The lowest BCUT2D eigenvalue weighted by Crippen LogP contribution is -2.54. The summed E-state index contributed by atoms with van der Waals surface area (Å²) in [6.07, 6.45) is 5.91. The van der Waals surface area contributed by atoms with Crippen molar-refractivity contribution in [2.24, 2.45) is 29.4 Å². The fraction of sp³-hybridized carbons (Fsp3) is 0.481. The van der Waals surface area contributed by atoms with Crippen LogP contribution in [0.3, 0.4) is 0 Å². The van der Waals surface area contributed by atoms with Crippen molar-refractivity contribution in [3.8, 4) is 0 Å². The number of nitrogens with zero attached hydrogens (tertiary/aromatic N) is 1. The van der Waals surface area contributed by atoms with Gasteiger partial charge in [0.15, 0.2) is 11.6 Å². The summed E-state index contributed by atoms with van der Waals surface area (Å²) in [5.74, 6) is 0.568. The summed E-state index contributed by atoms with van der Waals surface area (Å²) in [5, 5.41) is 0. The van der Waals surface area contributed by atoms with Crippen LogP contribution in [0.1, 0.15) is 52.8 Å². The molecule has 1 aliphatic heterocycles. The van der Waals surface area contributed by atoms with Crippen LogP contribution < -0.4 is 5.73 Å². The second kappa shape index (κ2) is 10.3. The van der Waals surface area contributed by atoms with Gasteiger partial charge in [-0.3, -0.25) is 9.59 Å². The van der Waals surface area contributed by atoms with Crippen molar-refractivity contribution < 1.29 is 9.59 Å². The lowest BCUT2D eigenvalue weighted by molar-refractivity contribution is 0.0186. The van der Waals surface area contributed by atoms with Gasteiger partial charge in [0.25, 0.3) is 0 Å². The molecule has 1 saturated heterocycles. The third-order valence-electron chi connectivity index (χ3n) is 7.27. The lowest BCUT2D eigenvalue weighted by Gasteiger charge is -2.47. The minimum absolute atomic E-state index is 0.0923. The van der Waals surface area contributed by atoms with Gasteiger partial charge >= 0.3 is 0 Å². The molecule has 2 aromatic carbocycles. The molecule has 4 heteroatoms. The Hall–Kier alpha value is -2.30. The lowest BCUT2D eigenvalue weighted by atomic mass is 9.63. The minimum Gasteiger partial charge on any atom is -0.329 e. The van der Waals surface area contributed by atoms with Crippen molar-refractivity contribution in [3.05, 3.63) is 71.8 Å². The zero-order valence-electron chi connectivity index (χ0n) is 18.3. The Labute approximate surface area is 185 Å². The number of piperidine rings is 1. The molecule has 2 aromatic rings. The summed E-state index contributed by atoms with van der Waals surface area (Å²) in [4.78, 5) is 29.7. The van der Waals surface area contributed by atoms with Gasteiger partial charge in [-0.25, -0.2) is 0 Å². The van der Waals surface area contributed by atoms with Gasteiger partial charge < -0.3 is 10.6 Å². The molecule has 31 heavy (non-hydrogen) atoms. The molecule has 0 unspecified atom stereocenters. The highest BCUT2D eigenvalue weighted by molar-refractivity contribution is 6.01. The van der Waals surface area contributed by atoms with Gasteiger partial charge in [0.1, 0.15) is 0 Å². The molecule has 0 bridgehead atoms. The van der Waals surface area contributed by atoms with E-state index in [9.17, 15) is 9.59 Å². The molecule has 164 valence electrons. The summed E-state index contributed by atoms with van der Waals surface area (Å²) >= 11 is 0. The first-order valence-electron chi connectivity index (χ1n) is 11.8. The minimum atomic E-state index is -0.163. The Balaban J connectivity index is 1.72. The molecule has 2 aliphatic rings. The standard InChI is InChI=1S/C27H34N2O2/c28-16-17-29-18-23(26(30)21-12-6-2-7-13-21)25(20-10-4-1-5-11-20)24(19-29)27(31)22-14-8-3-9-15-22/h2-3,6-9,12-15,20,23-25H,1,4-5,10-11,16-19,28H2/t23-,24-/m0/s1. The van der Waals surface area contributed by atoms with Crippen molar-refractivity contribution in [2.75, 3.05) is 26.2 Å². The van der Waals surface area contributed by atoms with Crippen molar-refractivity contribution in [3.63, 3.8) is 0 Å². The SMILES string of the molecule is NCCN1C[C@H](C(=O)c2ccccc2)C(C2CCCCC2)[C@@H](C(=O)c2ccccc2)C1. The molecule has 0 radical (unpaired) electrons. The van der Waals surface area contributed by atoms with Gasteiger partial charge in [0.2, 0.25) is 0 Å². The molecule has 0 spiro atoms. The number of likely N-dealkylation sites (tertiary alicyclic amines) is 1. The number of ketones is 2. The number of Topliss-reactive ketones (excluding diaryl/α,β-unsaturated/α-hetero) is 2. The normalized spacial score (nSPS) is 23.5. The maximum absolute atomic E-state index is 13.7. The van der Waals surface area contributed by atoms with Crippen molar-refractivity contribution >= 4 is 11.6 Å². The quantitative estimate of drug-likeness (QED) is 0.675. The first-order valence-corrected chi connectivity index (χ1v) is 11.8. The average Bonchev–Trinajstić information content (AvgIpc) is 2.84. The molecular formula is C27H34N2O2. The van der Waals surface area contributed by atoms with Gasteiger partial charge in [-0.15, -0.1) is 0 Å². The van der Waals surface area contributed by atoms with E-state index < -0.39 is 0 Å². The number of benzene rings is 2. The molecule has 4 rings (SSSR count). The number of nitrogens with two attached hydrogens (primary N) is 1. The van der Waals surface area contributed by atoms with Gasteiger partial charge in [-0.1, -0.05) is 92.8 Å². The monoisotopic (exact) mass is 418 g/mol. The molecule has 0 amide bonds. The summed E-state index contributed by atoms with van der Waals surface area (Å²) < 4.78 is 0. The van der Waals surface area contributed by atoms with Gasteiger partial charge in [-0.2, -0.15) is 0 Å². The second-order valence-electron chi connectivity index (χ2n) is 9.20. The molecule has 1 saturated carbocycles. The molecule has 2 fully saturated rings. The Bertz CT molecular complexity index is 800. The van der Waals surface area contributed by atoms with E-state index in [0.29, 0.717) is 32.1 Å². The first kappa shape index (κ1) is 21.9. The highest BCUT2D eigenvalue weighted by Crippen LogP contribution is 2.43. The van der Waals surface area contributed by atoms with E-state index in [4.69, 9.17) is 5.73 Å². The van der Waals surface area contributed by atoms with E-state index in [2.05, 4.69) is 4.90 Å². The zero-order chi connectivity index (χ0) is 21.6. The topological polar surface area (TPSA) is 63.4 Å². The van der Waals surface area contributed by atoms with Crippen molar-refractivity contribution in [2.45, 2.75) is 32.1 Å². The van der Waals surface area contributed by atoms with Crippen LogP contribution in [0.2, 0.25) is 0 Å². The Morgan fingerprint density at radius 3 is 1.71 bits per heavy atom. The van der Waals surface area contributed by atoms with E-state index in [1.54, 1.807) is 0 Å². The fourth-order valence-electron chi connectivity index (χ4n) is 5.84. The fourth-order valence-corrected chi connectivity index (χ4v) is 5.84. The first-order chi connectivity index (χ1) is 15.2. The molecule has 1 heterocycles. The molecule has 0 aromatic heterocycles. The summed E-state index contributed by atoms with van der Waals surface area (Å²) in [6, 6.07) is 19.2. The number of rotatable bonds is 7. The number of hydrogen-bond acceptors (Lipinski definition) is 4. The summed E-state index contributed by atoms with van der Waals surface area (Å²) in [5.41, 5.74) is 7.41. The number of hydrogen-bond donors (Lipinski definition) is 1. The predicted molar refractivity (Wildman–Crippen MR) is 124 cm³/mol. The zero-order valence-corrected chi connectivity index (χ0v) is 18.3. The summed E-state index contributed by atoms with van der Waals surface area (Å²) in [6.45, 7) is 2.65. The number of carbonyl (C=O) groups excluding carboxylic acids is 2. The Morgan fingerprint density at radius 2 is 1.26 bits per heavy atom. The second-order valence-corrected chi connectivity index (χ2v) is 9.20.